The number of pyridine rings is 1. The summed E-state index contributed by atoms with van der Waals surface area (Å²) in [5.74, 6) is 1.15. The number of rotatable bonds is 5. The van der Waals surface area contributed by atoms with Crippen LogP contribution < -0.4 is 9.47 Å². The highest BCUT2D eigenvalue weighted by Gasteiger charge is 2.16. The highest BCUT2D eigenvalue weighted by Crippen LogP contribution is 2.31. The lowest BCUT2D eigenvalue weighted by atomic mass is 10.1. The van der Waals surface area contributed by atoms with Gasteiger partial charge in [-0.1, -0.05) is 18.2 Å². The van der Waals surface area contributed by atoms with Gasteiger partial charge in [-0.3, -0.25) is 9.78 Å². The van der Waals surface area contributed by atoms with E-state index in [0.29, 0.717) is 23.7 Å². The van der Waals surface area contributed by atoms with Crippen LogP contribution in [0.15, 0.2) is 42.6 Å². The van der Waals surface area contributed by atoms with E-state index in [9.17, 15) is 4.79 Å². The highest BCUT2D eigenvalue weighted by atomic mass is 16.5. The molecule has 0 aliphatic rings. The molecule has 1 amide bonds. The third-order valence-corrected chi connectivity index (χ3v) is 3.12. The van der Waals surface area contributed by atoms with Crippen LogP contribution in [0.3, 0.4) is 0 Å². The molecule has 2 aromatic rings. The summed E-state index contributed by atoms with van der Waals surface area (Å²) in [6.07, 6.45) is 1.60. The van der Waals surface area contributed by atoms with Crippen LogP contribution in [0.2, 0.25) is 0 Å². The third kappa shape index (κ3) is 3.31. The van der Waals surface area contributed by atoms with E-state index in [1.807, 2.05) is 18.2 Å². The number of aromatic nitrogens is 1. The molecule has 0 aliphatic carbocycles. The third-order valence-electron chi connectivity index (χ3n) is 3.12. The monoisotopic (exact) mass is 286 g/mol. The number of hydrogen-bond acceptors (Lipinski definition) is 4. The molecule has 5 heteroatoms. The number of methoxy groups -OCH3 is 2. The van der Waals surface area contributed by atoms with Crippen molar-refractivity contribution in [2.75, 3.05) is 21.3 Å². The molecular formula is C16H18N2O3. The maximum absolute atomic E-state index is 12.3. The fourth-order valence-corrected chi connectivity index (χ4v) is 2.09. The lowest BCUT2D eigenvalue weighted by Crippen LogP contribution is -2.27. The fourth-order valence-electron chi connectivity index (χ4n) is 2.09. The second kappa shape index (κ2) is 6.74. The number of benzene rings is 1. The van der Waals surface area contributed by atoms with Crippen molar-refractivity contribution in [3.63, 3.8) is 0 Å². The van der Waals surface area contributed by atoms with Crippen molar-refractivity contribution in [3.8, 4) is 11.5 Å². The number of para-hydroxylation sites is 1. The topological polar surface area (TPSA) is 51.7 Å². The Morgan fingerprint density at radius 1 is 1.14 bits per heavy atom. The van der Waals surface area contributed by atoms with Gasteiger partial charge in [0.2, 0.25) is 0 Å². The van der Waals surface area contributed by atoms with Crippen LogP contribution in [0.1, 0.15) is 16.1 Å². The minimum absolute atomic E-state index is 0.138. The molecule has 0 fully saturated rings. The number of carbonyl (C=O) groups is 1. The number of hydrogen-bond donors (Lipinski definition) is 0. The number of carbonyl (C=O) groups excluding carboxylic acids is 1. The second-order valence-electron chi connectivity index (χ2n) is 4.53. The van der Waals surface area contributed by atoms with Gasteiger partial charge in [-0.05, 0) is 18.2 Å². The maximum atomic E-state index is 12.3. The zero-order valence-corrected chi connectivity index (χ0v) is 12.4. The molecule has 5 nitrogen and oxygen atoms in total. The smallest absolute Gasteiger partial charge is 0.272 e. The van der Waals surface area contributed by atoms with Crippen molar-refractivity contribution in [2.45, 2.75) is 6.54 Å². The van der Waals surface area contributed by atoms with E-state index in [1.165, 1.54) is 0 Å². The Hall–Kier alpha value is -2.56. The Bertz CT molecular complexity index is 614. The quantitative estimate of drug-likeness (QED) is 0.846. The van der Waals surface area contributed by atoms with E-state index >= 15 is 0 Å². The molecule has 0 spiro atoms. The van der Waals surface area contributed by atoms with Gasteiger partial charge in [-0.2, -0.15) is 0 Å². The fraction of sp³-hybridized carbons (Fsp3) is 0.250. The zero-order valence-electron chi connectivity index (χ0n) is 12.4. The lowest BCUT2D eigenvalue weighted by molar-refractivity contribution is 0.0778. The van der Waals surface area contributed by atoms with Crippen molar-refractivity contribution in [1.82, 2.24) is 9.88 Å². The standard InChI is InChI=1S/C16H18N2O3/c1-18(16(19)13-8-4-5-10-17-13)11-12-7-6-9-14(20-2)15(12)21-3/h4-10H,11H2,1-3H3. The normalized spacial score (nSPS) is 10.0. The van der Waals surface area contributed by atoms with Gasteiger partial charge in [-0.15, -0.1) is 0 Å². The van der Waals surface area contributed by atoms with E-state index in [2.05, 4.69) is 4.98 Å². The summed E-state index contributed by atoms with van der Waals surface area (Å²) in [5, 5.41) is 0. The van der Waals surface area contributed by atoms with Crippen molar-refractivity contribution in [2.24, 2.45) is 0 Å². The van der Waals surface area contributed by atoms with Crippen molar-refractivity contribution >= 4 is 5.91 Å². The van der Waals surface area contributed by atoms with E-state index in [4.69, 9.17) is 9.47 Å². The van der Waals surface area contributed by atoms with Gasteiger partial charge >= 0.3 is 0 Å². The molecule has 0 aliphatic heterocycles. The summed E-state index contributed by atoms with van der Waals surface area (Å²) in [7, 11) is 4.91. The van der Waals surface area contributed by atoms with E-state index in [-0.39, 0.29) is 5.91 Å². The van der Waals surface area contributed by atoms with Gasteiger partial charge in [0.25, 0.3) is 5.91 Å². The summed E-state index contributed by atoms with van der Waals surface area (Å²) >= 11 is 0. The first-order valence-corrected chi connectivity index (χ1v) is 6.53. The number of ether oxygens (including phenoxy) is 2. The molecular weight excluding hydrogens is 268 g/mol. The summed E-state index contributed by atoms with van der Waals surface area (Å²) < 4.78 is 10.6. The van der Waals surface area contributed by atoms with E-state index in [0.717, 1.165) is 5.56 Å². The predicted molar refractivity (Wildman–Crippen MR) is 79.6 cm³/mol. The number of amides is 1. The van der Waals surface area contributed by atoms with Crippen LogP contribution in [0.4, 0.5) is 0 Å². The van der Waals surface area contributed by atoms with Crippen molar-refractivity contribution < 1.29 is 14.3 Å². The van der Waals surface area contributed by atoms with Crippen LogP contribution in [0.5, 0.6) is 11.5 Å². The average Bonchev–Trinajstić information content (AvgIpc) is 2.54. The summed E-state index contributed by atoms with van der Waals surface area (Å²) in [4.78, 5) is 18.0. The van der Waals surface area contributed by atoms with Crippen LogP contribution in [-0.2, 0) is 6.54 Å². The summed E-state index contributed by atoms with van der Waals surface area (Å²) in [6, 6.07) is 10.9. The van der Waals surface area contributed by atoms with Crippen LogP contribution in [-0.4, -0.2) is 37.1 Å². The number of nitrogens with zero attached hydrogens (tertiary/aromatic N) is 2. The summed E-state index contributed by atoms with van der Waals surface area (Å²) in [6.45, 7) is 0.412. The Kier molecular flexibility index (Phi) is 4.77. The molecule has 21 heavy (non-hydrogen) atoms. The molecule has 1 aromatic carbocycles. The molecule has 0 atom stereocenters. The lowest BCUT2D eigenvalue weighted by Gasteiger charge is -2.19. The van der Waals surface area contributed by atoms with Crippen LogP contribution in [0.25, 0.3) is 0 Å². The maximum Gasteiger partial charge on any atom is 0.272 e. The van der Waals surface area contributed by atoms with Gasteiger partial charge in [0, 0.05) is 25.4 Å². The molecule has 0 unspecified atom stereocenters. The first-order chi connectivity index (χ1) is 10.2. The van der Waals surface area contributed by atoms with Crippen molar-refractivity contribution in [1.29, 1.82) is 0 Å². The minimum Gasteiger partial charge on any atom is -0.493 e. The minimum atomic E-state index is -0.138. The zero-order chi connectivity index (χ0) is 15.2. The van der Waals surface area contributed by atoms with E-state index in [1.54, 1.807) is 50.6 Å². The predicted octanol–water partition coefficient (Wildman–Crippen LogP) is 2.37. The van der Waals surface area contributed by atoms with Gasteiger partial charge in [0.05, 0.1) is 14.2 Å². The molecule has 0 saturated carbocycles. The molecule has 1 heterocycles. The Labute approximate surface area is 124 Å². The first-order valence-electron chi connectivity index (χ1n) is 6.53. The van der Waals surface area contributed by atoms with Crippen LogP contribution in [0, 0.1) is 0 Å². The van der Waals surface area contributed by atoms with E-state index < -0.39 is 0 Å². The van der Waals surface area contributed by atoms with Crippen LogP contribution >= 0.6 is 0 Å². The SMILES string of the molecule is COc1cccc(CN(C)C(=O)c2ccccn2)c1OC. The highest BCUT2D eigenvalue weighted by molar-refractivity contribution is 5.92. The first kappa shape index (κ1) is 14.8. The van der Waals surface area contributed by atoms with Gasteiger partial charge in [-0.25, -0.2) is 0 Å². The molecule has 110 valence electrons. The molecule has 0 bridgehead atoms. The molecule has 0 radical (unpaired) electrons. The van der Waals surface area contributed by atoms with Gasteiger partial charge in [0.15, 0.2) is 11.5 Å². The molecule has 0 saturated heterocycles. The molecule has 2 rings (SSSR count). The largest absolute Gasteiger partial charge is 0.493 e. The second-order valence-corrected chi connectivity index (χ2v) is 4.53. The Morgan fingerprint density at radius 3 is 2.57 bits per heavy atom. The molecule has 1 aromatic heterocycles. The summed E-state index contributed by atoms with van der Waals surface area (Å²) in [5.41, 5.74) is 1.30. The average molecular weight is 286 g/mol. The van der Waals surface area contributed by atoms with Crippen molar-refractivity contribution in [3.05, 3.63) is 53.9 Å². The Morgan fingerprint density at radius 2 is 1.95 bits per heavy atom. The van der Waals surface area contributed by atoms with Gasteiger partial charge in [0.1, 0.15) is 5.69 Å². The Balaban J connectivity index is 2.20. The van der Waals surface area contributed by atoms with Gasteiger partial charge < -0.3 is 14.4 Å². The molecule has 0 N–H and O–H groups in total.